The molecular formula is C11H10N2O2. The predicted molar refractivity (Wildman–Crippen MR) is 56.4 cm³/mol. The first-order chi connectivity index (χ1) is 7.33. The first-order valence-electron chi connectivity index (χ1n) is 4.50. The molecule has 0 spiro atoms. The minimum atomic E-state index is -0.258. The molecule has 0 saturated carbocycles. The standard InChI is InChI=1S/C11H10N2O2/c1-15-10-11(14)13(8-7-12-10)9-5-3-2-4-6-9/h2-8H,1H3. The van der Waals surface area contributed by atoms with Gasteiger partial charge < -0.3 is 4.74 Å². The second-order valence-corrected chi connectivity index (χ2v) is 2.95. The van der Waals surface area contributed by atoms with Gasteiger partial charge in [-0.1, -0.05) is 18.2 Å². The fourth-order valence-corrected chi connectivity index (χ4v) is 1.33. The first-order valence-corrected chi connectivity index (χ1v) is 4.50. The number of hydrogen-bond acceptors (Lipinski definition) is 3. The number of nitrogens with zero attached hydrogens (tertiary/aromatic N) is 2. The van der Waals surface area contributed by atoms with Crippen molar-refractivity contribution in [2.75, 3.05) is 7.11 Å². The van der Waals surface area contributed by atoms with Crippen molar-refractivity contribution in [1.82, 2.24) is 9.55 Å². The minimum Gasteiger partial charge on any atom is -0.477 e. The summed E-state index contributed by atoms with van der Waals surface area (Å²) in [5.74, 6) is 0.0985. The number of para-hydroxylation sites is 1. The van der Waals surface area contributed by atoms with Crippen LogP contribution in [0.15, 0.2) is 47.5 Å². The lowest BCUT2D eigenvalue weighted by atomic mass is 10.3. The van der Waals surface area contributed by atoms with Gasteiger partial charge >= 0.3 is 5.56 Å². The number of aromatic nitrogens is 2. The van der Waals surface area contributed by atoms with Gasteiger partial charge in [0, 0.05) is 18.1 Å². The molecule has 0 N–H and O–H groups in total. The maximum atomic E-state index is 11.8. The van der Waals surface area contributed by atoms with Crippen molar-refractivity contribution in [3.8, 4) is 11.6 Å². The van der Waals surface area contributed by atoms with E-state index in [-0.39, 0.29) is 11.4 Å². The summed E-state index contributed by atoms with van der Waals surface area (Å²) in [5, 5.41) is 0. The predicted octanol–water partition coefficient (Wildman–Crippen LogP) is 1.24. The van der Waals surface area contributed by atoms with E-state index in [2.05, 4.69) is 4.98 Å². The van der Waals surface area contributed by atoms with Crippen LogP contribution in [0.5, 0.6) is 5.88 Å². The van der Waals surface area contributed by atoms with Gasteiger partial charge in [0.1, 0.15) is 0 Å². The van der Waals surface area contributed by atoms with Crippen LogP contribution < -0.4 is 10.3 Å². The summed E-state index contributed by atoms with van der Waals surface area (Å²) in [5.41, 5.74) is 0.536. The van der Waals surface area contributed by atoms with Crippen molar-refractivity contribution in [3.63, 3.8) is 0 Å². The lowest BCUT2D eigenvalue weighted by Crippen LogP contribution is -2.20. The molecule has 0 unspecified atom stereocenters. The maximum Gasteiger partial charge on any atom is 0.317 e. The van der Waals surface area contributed by atoms with E-state index in [1.807, 2.05) is 30.3 Å². The van der Waals surface area contributed by atoms with Gasteiger partial charge in [0.05, 0.1) is 7.11 Å². The molecular weight excluding hydrogens is 192 g/mol. The molecule has 4 heteroatoms. The smallest absolute Gasteiger partial charge is 0.317 e. The third-order valence-electron chi connectivity index (χ3n) is 2.04. The summed E-state index contributed by atoms with van der Waals surface area (Å²) in [6, 6.07) is 9.33. The number of benzene rings is 1. The maximum absolute atomic E-state index is 11.8. The molecule has 0 atom stereocenters. The normalized spacial score (nSPS) is 9.93. The molecule has 0 amide bonds. The zero-order valence-corrected chi connectivity index (χ0v) is 8.25. The molecule has 1 aromatic heterocycles. The molecule has 0 saturated heterocycles. The van der Waals surface area contributed by atoms with Crippen molar-refractivity contribution < 1.29 is 4.74 Å². The Bertz CT molecular complexity index is 505. The van der Waals surface area contributed by atoms with Crippen LogP contribution >= 0.6 is 0 Å². The molecule has 0 aliphatic rings. The monoisotopic (exact) mass is 202 g/mol. The molecule has 15 heavy (non-hydrogen) atoms. The second kappa shape index (κ2) is 3.96. The Morgan fingerprint density at radius 2 is 2.00 bits per heavy atom. The fourth-order valence-electron chi connectivity index (χ4n) is 1.33. The highest BCUT2D eigenvalue weighted by atomic mass is 16.5. The molecule has 0 radical (unpaired) electrons. The van der Waals surface area contributed by atoms with Crippen LogP contribution in [0.2, 0.25) is 0 Å². The Kier molecular flexibility index (Phi) is 2.49. The van der Waals surface area contributed by atoms with E-state index in [9.17, 15) is 4.79 Å². The summed E-state index contributed by atoms with van der Waals surface area (Å²) in [4.78, 5) is 15.6. The lowest BCUT2D eigenvalue weighted by molar-refractivity contribution is 0.388. The number of hydrogen-bond donors (Lipinski definition) is 0. The summed E-state index contributed by atoms with van der Waals surface area (Å²) in [6.07, 6.45) is 3.15. The van der Waals surface area contributed by atoms with Gasteiger partial charge in [0.25, 0.3) is 5.88 Å². The van der Waals surface area contributed by atoms with E-state index in [0.717, 1.165) is 5.69 Å². The highest BCUT2D eigenvalue weighted by molar-refractivity contribution is 5.32. The first kappa shape index (κ1) is 9.45. The lowest BCUT2D eigenvalue weighted by Gasteiger charge is -2.05. The van der Waals surface area contributed by atoms with E-state index >= 15 is 0 Å². The van der Waals surface area contributed by atoms with Gasteiger partial charge in [-0.3, -0.25) is 9.36 Å². The highest BCUT2D eigenvalue weighted by Gasteiger charge is 2.04. The quantitative estimate of drug-likeness (QED) is 0.736. The van der Waals surface area contributed by atoms with Gasteiger partial charge in [-0.2, -0.15) is 0 Å². The molecule has 0 aliphatic carbocycles. The van der Waals surface area contributed by atoms with Crippen LogP contribution in [0.1, 0.15) is 0 Å². The van der Waals surface area contributed by atoms with Crippen LogP contribution in [-0.4, -0.2) is 16.7 Å². The SMILES string of the molecule is COc1nccn(-c2ccccc2)c1=O. The van der Waals surface area contributed by atoms with Crippen LogP contribution in [0.4, 0.5) is 0 Å². The van der Waals surface area contributed by atoms with E-state index in [1.165, 1.54) is 17.9 Å². The molecule has 0 bridgehead atoms. The minimum absolute atomic E-state index is 0.0985. The van der Waals surface area contributed by atoms with Gasteiger partial charge in [-0.25, -0.2) is 4.98 Å². The molecule has 2 rings (SSSR count). The molecule has 2 aromatic rings. The number of methoxy groups -OCH3 is 1. The van der Waals surface area contributed by atoms with Crippen molar-refractivity contribution in [1.29, 1.82) is 0 Å². The Balaban J connectivity index is 2.60. The average molecular weight is 202 g/mol. The van der Waals surface area contributed by atoms with Gasteiger partial charge in [-0.05, 0) is 12.1 Å². The van der Waals surface area contributed by atoms with E-state index in [0.29, 0.717) is 0 Å². The molecule has 76 valence electrons. The molecule has 0 aliphatic heterocycles. The number of ether oxygens (including phenoxy) is 1. The summed E-state index contributed by atoms with van der Waals surface area (Å²) >= 11 is 0. The number of rotatable bonds is 2. The third kappa shape index (κ3) is 1.74. The summed E-state index contributed by atoms with van der Waals surface area (Å²) in [7, 11) is 1.43. The molecule has 4 nitrogen and oxygen atoms in total. The van der Waals surface area contributed by atoms with Gasteiger partial charge in [0.15, 0.2) is 0 Å². The van der Waals surface area contributed by atoms with E-state index < -0.39 is 0 Å². The Morgan fingerprint density at radius 1 is 1.27 bits per heavy atom. The van der Waals surface area contributed by atoms with Crippen LogP contribution in [-0.2, 0) is 0 Å². The zero-order valence-electron chi connectivity index (χ0n) is 8.25. The van der Waals surface area contributed by atoms with Crippen molar-refractivity contribution in [2.24, 2.45) is 0 Å². The fraction of sp³-hybridized carbons (Fsp3) is 0.0909. The van der Waals surface area contributed by atoms with Crippen LogP contribution in [0.25, 0.3) is 5.69 Å². The summed E-state index contributed by atoms with van der Waals surface area (Å²) < 4.78 is 6.35. The summed E-state index contributed by atoms with van der Waals surface area (Å²) in [6.45, 7) is 0. The van der Waals surface area contributed by atoms with E-state index in [1.54, 1.807) is 6.20 Å². The van der Waals surface area contributed by atoms with Crippen molar-refractivity contribution in [3.05, 3.63) is 53.1 Å². The molecule has 1 aromatic carbocycles. The largest absolute Gasteiger partial charge is 0.477 e. The van der Waals surface area contributed by atoms with Gasteiger partial charge in [-0.15, -0.1) is 0 Å². The van der Waals surface area contributed by atoms with Crippen LogP contribution in [0, 0.1) is 0 Å². The van der Waals surface area contributed by atoms with Gasteiger partial charge in [0.2, 0.25) is 0 Å². The average Bonchev–Trinajstić information content (AvgIpc) is 2.30. The van der Waals surface area contributed by atoms with E-state index in [4.69, 9.17) is 4.74 Å². The van der Waals surface area contributed by atoms with Crippen LogP contribution in [0.3, 0.4) is 0 Å². The van der Waals surface area contributed by atoms with Crippen molar-refractivity contribution >= 4 is 0 Å². The second-order valence-electron chi connectivity index (χ2n) is 2.95. The topological polar surface area (TPSA) is 44.1 Å². The molecule has 1 heterocycles. The Labute approximate surface area is 86.8 Å². The zero-order chi connectivity index (χ0) is 10.7. The highest BCUT2D eigenvalue weighted by Crippen LogP contribution is 2.04. The van der Waals surface area contributed by atoms with Crippen molar-refractivity contribution in [2.45, 2.75) is 0 Å². The molecule has 0 fully saturated rings. The Hall–Kier alpha value is -2.10. The third-order valence-corrected chi connectivity index (χ3v) is 2.04. The Morgan fingerprint density at radius 3 is 2.67 bits per heavy atom.